The van der Waals surface area contributed by atoms with E-state index in [4.69, 9.17) is 24.9 Å². The van der Waals surface area contributed by atoms with Gasteiger partial charge in [-0.1, -0.05) is 0 Å². The average molecular weight is 337 g/mol. The van der Waals surface area contributed by atoms with Gasteiger partial charge in [-0.25, -0.2) is 4.98 Å². The van der Waals surface area contributed by atoms with Crippen LogP contribution in [0.25, 0.3) is 11.3 Å². The Labute approximate surface area is 143 Å². The molecule has 0 unspecified atom stereocenters. The lowest BCUT2D eigenvalue weighted by atomic mass is 10.1. The predicted molar refractivity (Wildman–Crippen MR) is 91.7 cm³/mol. The Morgan fingerprint density at radius 2 is 2.08 bits per heavy atom. The molecule has 1 aromatic carbocycles. The van der Waals surface area contributed by atoms with Gasteiger partial charge in [-0.05, 0) is 12.1 Å². The van der Waals surface area contributed by atoms with Crippen molar-refractivity contribution < 1.29 is 13.9 Å². The van der Waals surface area contributed by atoms with E-state index in [9.17, 15) is 0 Å². The molecule has 0 aliphatic rings. The molecule has 3 aromatic rings. The highest BCUT2D eigenvalue weighted by molar-refractivity contribution is 5.73. The quantitative estimate of drug-likeness (QED) is 0.729. The third-order valence-corrected chi connectivity index (χ3v) is 3.49. The minimum atomic E-state index is 0.162. The number of oxazole rings is 1. The van der Waals surface area contributed by atoms with Crippen LogP contribution in [0.4, 0.5) is 17.2 Å². The average Bonchev–Trinajstić information content (AvgIpc) is 3.15. The number of rotatable bonds is 5. The Kier molecular flexibility index (Phi) is 4.39. The second kappa shape index (κ2) is 6.80. The summed E-state index contributed by atoms with van der Waals surface area (Å²) in [5, 5.41) is 12.2. The van der Waals surface area contributed by atoms with Gasteiger partial charge in [-0.3, -0.25) is 0 Å². The van der Waals surface area contributed by atoms with Crippen molar-refractivity contribution in [2.24, 2.45) is 0 Å². The van der Waals surface area contributed by atoms with Gasteiger partial charge >= 0.3 is 0 Å². The lowest BCUT2D eigenvalue weighted by Crippen LogP contribution is -2.02. The Morgan fingerprint density at radius 1 is 1.24 bits per heavy atom. The lowest BCUT2D eigenvalue weighted by Gasteiger charge is -2.12. The standard InChI is InChI=1S/C17H15N5O3/c1-23-14-5-10(3-4-11(14)15-8-20-9-25-15)21-16-6-13(19)12(7-18)17(22-16)24-2/h3-6,8-9H,1-2H3,(H3,19,21,22). The van der Waals surface area contributed by atoms with Crippen LogP contribution in [-0.4, -0.2) is 24.2 Å². The summed E-state index contributed by atoms with van der Waals surface area (Å²) in [7, 11) is 3.00. The first-order valence-corrected chi connectivity index (χ1v) is 7.24. The third-order valence-electron chi connectivity index (χ3n) is 3.49. The van der Waals surface area contributed by atoms with Gasteiger partial charge in [0.1, 0.15) is 23.2 Å². The number of pyridine rings is 1. The third kappa shape index (κ3) is 3.16. The zero-order valence-corrected chi connectivity index (χ0v) is 13.6. The maximum atomic E-state index is 9.10. The fourth-order valence-corrected chi connectivity index (χ4v) is 2.33. The van der Waals surface area contributed by atoms with Crippen molar-refractivity contribution in [3.8, 4) is 29.0 Å². The number of anilines is 3. The minimum Gasteiger partial charge on any atom is -0.496 e. The molecular formula is C17H15N5O3. The molecule has 8 heteroatoms. The van der Waals surface area contributed by atoms with E-state index in [0.717, 1.165) is 11.3 Å². The highest BCUT2D eigenvalue weighted by Gasteiger charge is 2.13. The van der Waals surface area contributed by atoms with Gasteiger partial charge in [-0.15, -0.1) is 0 Å². The van der Waals surface area contributed by atoms with Crippen molar-refractivity contribution in [2.45, 2.75) is 0 Å². The van der Waals surface area contributed by atoms with Crippen molar-refractivity contribution in [1.29, 1.82) is 5.26 Å². The molecule has 2 heterocycles. The zero-order chi connectivity index (χ0) is 17.8. The molecule has 0 atom stereocenters. The SMILES string of the molecule is COc1cc(Nc2cc(N)c(C#N)c(OC)n2)ccc1-c1cnco1. The molecule has 0 amide bonds. The topological polar surface area (TPSA) is 119 Å². The van der Waals surface area contributed by atoms with E-state index >= 15 is 0 Å². The van der Waals surface area contributed by atoms with Crippen LogP contribution in [0.1, 0.15) is 5.56 Å². The number of nitriles is 1. The number of ether oxygens (including phenoxy) is 2. The van der Waals surface area contributed by atoms with Crippen LogP contribution in [0.2, 0.25) is 0 Å². The Morgan fingerprint density at radius 3 is 2.72 bits per heavy atom. The molecule has 25 heavy (non-hydrogen) atoms. The lowest BCUT2D eigenvalue weighted by molar-refractivity contribution is 0.397. The number of nitrogens with one attached hydrogen (secondary N) is 1. The van der Waals surface area contributed by atoms with E-state index < -0.39 is 0 Å². The zero-order valence-electron chi connectivity index (χ0n) is 13.6. The van der Waals surface area contributed by atoms with Gasteiger partial charge in [0.05, 0.1) is 31.7 Å². The molecule has 0 saturated heterocycles. The first-order chi connectivity index (χ1) is 12.2. The summed E-state index contributed by atoms with van der Waals surface area (Å²) in [5.74, 6) is 1.82. The molecule has 0 bridgehead atoms. The first-order valence-electron chi connectivity index (χ1n) is 7.24. The summed E-state index contributed by atoms with van der Waals surface area (Å²) in [6.07, 6.45) is 2.97. The highest BCUT2D eigenvalue weighted by atomic mass is 16.5. The van der Waals surface area contributed by atoms with E-state index in [0.29, 0.717) is 17.3 Å². The fourth-order valence-electron chi connectivity index (χ4n) is 2.33. The van der Waals surface area contributed by atoms with Gasteiger partial charge < -0.3 is 24.9 Å². The van der Waals surface area contributed by atoms with Gasteiger partial charge in [0.2, 0.25) is 5.88 Å². The number of nitrogen functional groups attached to an aromatic ring is 1. The van der Waals surface area contributed by atoms with Crippen molar-refractivity contribution >= 4 is 17.2 Å². The second-order valence-electron chi connectivity index (χ2n) is 5.00. The van der Waals surface area contributed by atoms with Crippen LogP contribution in [-0.2, 0) is 0 Å². The van der Waals surface area contributed by atoms with Crippen LogP contribution < -0.4 is 20.5 Å². The molecule has 0 saturated carbocycles. The summed E-state index contributed by atoms with van der Waals surface area (Å²) in [6.45, 7) is 0. The molecule has 0 aliphatic heterocycles. The van der Waals surface area contributed by atoms with E-state index in [1.165, 1.54) is 13.5 Å². The van der Waals surface area contributed by atoms with Crippen molar-refractivity contribution in [3.63, 3.8) is 0 Å². The fraction of sp³-hybridized carbons (Fsp3) is 0.118. The largest absolute Gasteiger partial charge is 0.496 e. The summed E-state index contributed by atoms with van der Waals surface area (Å²) in [5.41, 5.74) is 7.85. The van der Waals surface area contributed by atoms with Crippen LogP contribution in [0.3, 0.4) is 0 Å². The van der Waals surface area contributed by atoms with Crippen LogP contribution in [0.5, 0.6) is 11.6 Å². The molecule has 0 radical (unpaired) electrons. The van der Waals surface area contributed by atoms with E-state index in [1.54, 1.807) is 25.4 Å². The predicted octanol–water partition coefficient (Wildman–Crippen LogP) is 2.95. The van der Waals surface area contributed by atoms with Crippen LogP contribution >= 0.6 is 0 Å². The summed E-state index contributed by atoms with van der Waals surface area (Å²) in [6, 6.07) is 9.01. The summed E-state index contributed by atoms with van der Waals surface area (Å²) < 4.78 is 15.8. The molecule has 0 fully saturated rings. The van der Waals surface area contributed by atoms with Crippen LogP contribution in [0, 0.1) is 11.3 Å². The Balaban J connectivity index is 1.94. The number of nitrogens with two attached hydrogens (primary N) is 1. The molecule has 0 spiro atoms. The van der Waals surface area contributed by atoms with E-state index in [1.807, 2.05) is 18.2 Å². The second-order valence-corrected chi connectivity index (χ2v) is 5.00. The Hall–Kier alpha value is -3.73. The van der Waals surface area contributed by atoms with Gasteiger partial charge in [0.25, 0.3) is 0 Å². The van der Waals surface area contributed by atoms with Crippen LogP contribution in [0.15, 0.2) is 41.3 Å². The van der Waals surface area contributed by atoms with E-state index in [2.05, 4.69) is 15.3 Å². The molecule has 3 N–H and O–H groups in total. The van der Waals surface area contributed by atoms with Gasteiger partial charge in [0, 0.05) is 17.8 Å². The number of hydrogen-bond donors (Lipinski definition) is 2. The van der Waals surface area contributed by atoms with Gasteiger partial charge in [-0.2, -0.15) is 10.2 Å². The van der Waals surface area contributed by atoms with Crippen molar-refractivity contribution in [3.05, 3.63) is 42.4 Å². The van der Waals surface area contributed by atoms with E-state index in [-0.39, 0.29) is 17.1 Å². The minimum absolute atomic E-state index is 0.162. The maximum Gasteiger partial charge on any atom is 0.235 e. The number of nitrogens with zero attached hydrogens (tertiary/aromatic N) is 3. The van der Waals surface area contributed by atoms with Crippen molar-refractivity contribution in [1.82, 2.24) is 9.97 Å². The molecular weight excluding hydrogens is 322 g/mol. The number of hydrogen-bond acceptors (Lipinski definition) is 8. The number of benzene rings is 1. The number of aromatic nitrogens is 2. The molecule has 8 nitrogen and oxygen atoms in total. The molecule has 126 valence electrons. The smallest absolute Gasteiger partial charge is 0.235 e. The normalized spacial score (nSPS) is 10.1. The van der Waals surface area contributed by atoms with Crippen molar-refractivity contribution in [2.75, 3.05) is 25.3 Å². The van der Waals surface area contributed by atoms with Gasteiger partial charge in [0.15, 0.2) is 12.2 Å². The summed E-state index contributed by atoms with van der Waals surface area (Å²) >= 11 is 0. The molecule has 0 aliphatic carbocycles. The first kappa shape index (κ1) is 16.1. The molecule has 2 aromatic heterocycles. The Bertz CT molecular complexity index is 932. The molecule has 3 rings (SSSR count). The maximum absolute atomic E-state index is 9.10. The number of methoxy groups -OCH3 is 2. The summed E-state index contributed by atoms with van der Waals surface area (Å²) in [4.78, 5) is 8.15. The monoisotopic (exact) mass is 337 g/mol. The highest BCUT2D eigenvalue weighted by Crippen LogP contribution is 2.34.